The first-order valence-corrected chi connectivity index (χ1v) is 26.8. The van der Waals surface area contributed by atoms with E-state index >= 15 is 0 Å². The third-order valence-corrected chi connectivity index (χ3v) is 14.6. The van der Waals surface area contributed by atoms with Crippen molar-refractivity contribution < 1.29 is 0 Å². The fourth-order valence-electron chi connectivity index (χ4n) is 9.71. The molecule has 0 fully saturated rings. The fourth-order valence-corrected chi connectivity index (χ4v) is 10.8. The molecule has 0 nitrogen and oxygen atoms in total. The van der Waals surface area contributed by atoms with Gasteiger partial charge in [0.05, 0.1) is 0 Å². The monoisotopic (exact) mass is 945 g/mol. The maximum Gasteiger partial charge on any atom is 0.0380 e. The lowest BCUT2D eigenvalue weighted by Crippen LogP contribution is -2.17. The van der Waals surface area contributed by atoms with Crippen LogP contribution in [0.15, 0.2) is 169 Å². The van der Waals surface area contributed by atoms with Crippen molar-refractivity contribution in [1.29, 1.82) is 0 Å². The minimum atomic E-state index is 0.216. The molecule has 0 saturated carbocycles. The lowest BCUT2D eigenvalue weighted by atomic mass is 9.78. The molecule has 1 aliphatic carbocycles. The molecule has 366 valence electrons. The molecule has 0 N–H and O–H groups in total. The van der Waals surface area contributed by atoms with E-state index in [1.807, 2.05) is 11.3 Å². The van der Waals surface area contributed by atoms with Crippen LogP contribution >= 0.6 is 11.3 Å². The van der Waals surface area contributed by atoms with Crippen LogP contribution in [0.5, 0.6) is 0 Å². The molecule has 70 heavy (non-hydrogen) atoms. The smallest absolute Gasteiger partial charge is 0.0380 e. The zero-order valence-corrected chi connectivity index (χ0v) is 46.7. The lowest BCUT2D eigenvalue weighted by molar-refractivity contribution is 0.568. The maximum absolute atomic E-state index is 2.32. The summed E-state index contributed by atoms with van der Waals surface area (Å²) in [6, 6.07) is 59.1. The molecule has 0 aliphatic heterocycles. The molecule has 10 rings (SSSR count). The SMILES string of the molecule is CC(C)(C)c1ccc2ccccc2c1.CC(C)(C)c1cccc2c1CCCC2.CC(C)(C)c1cccc2ccccc12.CC(C)(C)c1cccc2ccsc12.Cc1ccc(C(C)(C)C)c2ccccc12. The van der Waals surface area contributed by atoms with Gasteiger partial charge in [0.25, 0.3) is 0 Å². The summed E-state index contributed by atoms with van der Waals surface area (Å²) in [5, 5.41) is 11.7. The highest BCUT2D eigenvalue weighted by Crippen LogP contribution is 2.35. The average Bonchev–Trinajstić information content (AvgIpc) is 3.80. The normalized spacial score (nSPS) is 12.9. The van der Waals surface area contributed by atoms with Gasteiger partial charge < -0.3 is 0 Å². The summed E-state index contributed by atoms with van der Waals surface area (Å²) in [6.07, 6.45) is 5.34. The van der Waals surface area contributed by atoms with Gasteiger partial charge in [0.1, 0.15) is 0 Å². The lowest BCUT2D eigenvalue weighted by Gasteiger charge is -2.27. The van der Waals surface area contributed by atoms with E-state index in [-0.39, 0.29) is 21.7 Å². The van der Waals surface area contributed by atoms with Crippen molar-refractivity contribution in [3.8, 4) is 0 Å². The summed E-state index contributed by atoms with van der Waals surface area (Å²) in [4.78, 5) is 0. The van der Waals surface area contributed by atoms with Crippen molar-refractivity contribution in [2.24, 2.45) is 0 Å². The first-order valence-electron chi connectivity index (χ1n) is 25.9. The molecule has 1 aliphatic rings. The van der Waals surface area contributed by atoms with Crippen LogP contribution in [0.1, 0.15) is 161 Å². The van der Waals surface area contributed by atoms with Crippen LogP contribution in [0, 0.1) is 6.92 Å². The second-order valence-corrected chi connectivity index (χ2v) is 25.5. The summed E-state index contributed by atoms with van der Waals surface area (Å²) in [5.41, 5.74) is 13.1. The van der Waals surface area contributed by atoms with E-state index < -0.39 is 0 Å². The summed E-state index contributed by atoms with van der Waals surface area (Å²) in [7, 11) is 0. The highest BCUT2D eigenvalue weighted by molar-refractivity contribution is 7.17. The van der Waals surface area contributed by atoms with Gasteiger partial charge in [-0.2, -0.15) is 0 Å². The Morgan fingerprint density at radius 2 is 0.829 bits per heavy atom. The summed E-state index contributed by atoms with van der Waals surface area (Å²) >= 11 is 1.84. The standard InChI is InChI=1S/C15H18.C14H20.2C14H16.C12H14S/c1-11-9-10-14(15(2,3)4)13-8-6-5-7-12(11)13;2*1-14(2,3)13-10-6-8-11-7-4-5-9-12(11)13;1-14(2,3)13-9-8-11-6-4-5-7-12(11)10-13;1-12(2,3)10-6-4-5-9-7-8-13-11(9)10/h5-10H,1-4H3;6,8,10H,4-5,7,9H2,1-3H3;2*4-10H,1-3H3;4-8H,1-3H3. The van der Waals surface area contributed by atoms with E-state index in [0.29, 0.717) is 5.41 Å². The molecule has 0 bridgehead atoms. The second-order valence-electron chi connectivity index (χ2n) is 24.6. The molecule has 0 atom stereocenters. The van der Waals surface area contributed by atoms with Crippen molar-refractivity contribution in [3.05, 3.63) is 214 Å². The van der Waals surface area contributed by atoms with Crippen LogP contribution in [-0.2, 0) is 39.9 Å². The van der Waals surface area contributed by atoms with E-state index in [9.17, 15) is 0 Å². The van der Waals surface area contributed by atoms with Crippen LogP contribution in [0.3, 0.4) is 0 Å². The molecule has 0 radical (unpaired) electrons. The van der Waals surface area contributed by atoms with Crippen LogP contribution in [0.4, 0.5) is 0 Å². The van der Waals surface area contributed by atoms with Crippen LogP contribution < -0.4 is 0 Å². The maximum atomic E-state index is 2.32. The van der Waals surface area contributed by atoms with Crippen molar-refractivity contribution in [3.63, 3.8) is 0 Å². The number of aryl methyl sites for hydroxylation is 2. The minimum absolute atomic E-state index is 0.216. The Balaban J connectivity index is 0.000000144. The molecule has 1 heteroatoms. The van der Waals surface area contributed by atoms with Crippen molar-refractivity contribution in [2.75, 3.05) is 0 Å². The predicted octanol–water partition coefficient (Wildman–Crippen LogP) is 20.8. The first-order chi connectivity index (χ1) is 32.8. The van der Waals surface area contributed by atoms with E-state index in [2.05, 4.69) is 280 Å². The molecular weight excluding hydrogens is 861 g/mol. The first kappa shape index (κ1) is 53.8. The quantitative estimate of drug-likeness (QED) is 0.142. The minimum Gasteiger partial charge on any atom is -0.144 e. The zero-order valence-electron chi connectivity index (χ0n) is 45.9. The number of hydrogen-bond acceptors (Lipinski definition) is 1. The Labute approximate surface area is 428 Å². The third kappa shape index (κ3) is 13.9. The number of rotatable bonds is 0. The van der Waals surface area contributed by atoms with Gasteiger partial charge in [-0.25, -0.2) is 0 Å². The Morgan fingerprint density at radius 1 is 0.343 bits per heavy atom. The fraction of sp³-hybridized carbons (Fsp3) is 0.362. The Morgan fingerprint density at radius 3 is 1.46 bits per heavy atom. The molecule has 0 unspecified atom stereocenters. The summed E-state index contributed by atoms with van der Waals surface area (Å²) in [6.45, 7) is 36.2. The number of thiophene rings is 1. The topological polar surface area (TPSA) is 0 Å². The Bertz CT molecular complexity index is 3110. The molecule has 0 spiro atoms. The molecule has 1 heterocycles. The summed E-state index contributed by atoms with van der Waals surface area (Å²) in [5.74, 6) is 0. The molecule has 9 aromatic rings. The van der Waals surface area contributed by atoms with Gasteiger partial charge in [-0.05, 0) is 153 Å². The largest absolute Gasteiger partial charge is 0.144 e. The summed E-state index contributed by atoms with van der Waals surface area (Å²) < 4.78 is 1.44. The Hall–Kier alpha value is -5.50. The highest BCUT2D eigenvalue weighted by Gasteiger charge is 2.22. The predicted molar refractivity (Wildman–Crippen MR) is 315 cm³/mol. The van der Waals surface area contributed by atoms with Gasteiger partial charge in [-0.3, -0.25) is 0 Å². The highest BCUT2D eigenvalue weighted by atomic mass is 32.1. The van der Waals surface area contributed by atoms with Crippen molar-refractivity contribution >= 4 is 53.7 Å². The van der Waals surface area contributed by atoms with E-state index in [4.69, 9.17) is 0 Å². The van der Waals surface area contributed by atoms with Gasteiger partial charge >= 0.3 is 0 Å². The molecule has 0 amide bonds. The van der Waals surface area contributed by atoms with E-state index in [1.165, 1.54) is 95.9 Å². The van der Waals surface area contributed by atoms with Gasteiger partial charge in [-0.15, -0.1) is 11.3 Å². The van der Waals surface area contributed by atoms with Crippen molar-refractivity contribution in [1.82, 2.24) is 0 Å². The third-order valence-electron chi connectivity index (χ3n) is 13.7. The van der Waals surface area contributed by atoms with E-state index in [1.54, 1.807) is 16.7 Å². The zero-order chi connectivity index (χ0) is 51.1. The van der Waals surface area contributed by atoms with E-state index in [0.717, 1.165) is 0 Å². The number of benzene rings is 8. The molecule has 0 saturated heterocycles. The second kappa shape index (κ2) is 22.3. The van der Waals surface area contributed by atoms with Gasteiger partial charge in [-0.1, -0.05) is 262 Å². The van der Waals surface area contributed by atoms with Gasteiger partial charge in [0.2, 0.25) is 0 Å². The van der Waals surface area contributed by atoms with Gasteiger partial charge in [0, 0.05) is 4.70 Å². The van der Waals surface area contributed by atoms with Gasteiger partial charge in [0.15, 0.2) is 0 Å². The molecular formula is C69H84S. The average molecular weight is 945 g/mol. The molecule has 1 aromatic heterocycles. The van der Waals surface area contributed by atoms with Crippen molar-refractivity contribution in [2.45, 2.75) is 164 Å². The number of hydrogen-bond donors (Lipinski definition) is 0. The molecule has 8 aromatic carbocycles. The van der Waals surface area contributed by atoms with Crippen LogP contribution in [0.25, 0.3) is 42.4 Å². The van der Waals surface area contributed by atoms with Crippen LogP contribution in [-0.4, -0.2) is 0 Å². The number of fused-ring (bicyclic) bond motifs is 5. The van der Waals surface area contributed by atoms with Crippen LogP contribution in [0.2, 0.25) is 0 Å². The Kier molecular flexibility index (Phi) is 17.1.